The van der Waals surface area contributed by atoms with Crippen LogP contribution < -0.4 is 21.3 Å². The van der Waals surface area contributed by atoms with E-state index in [0.717, 1.165) is 5.56 Å². The number of hydrogen-bond acceptors (Lipinski definition) is 9. The average molecular weight is 444 g/mol. The van der Waals surface area contributed by atoms with E-state index in [1.807, 2.05) is 12.1 Å². The summed E-state index contributed by atoms with van der Waals surface area (Å²) >= 11 is 0. The minimum atomic E-state index is -1.25. The molecule has 3 aromatic rings. The van der Waals surface area contributed by atoms with Crippen molar-refractivity contribution in [2.24, 2.45) is 5.73 Å². The molecule has 1 amide bonds. The van der Waals surface area contributed by atoms with Crippen LogP contribution in [0.15, 0.2) is 41.7 Å². The Kier molecular flexibility index (Phi) is 6.19. The molecule has 1 fully saturated rings. The maximum Gasteiger partial charge on any atom is 0.278 e. The molecule has 1 aliphatic heterocycles. The lowest BCUT2D eigenvalue weighted by Crippen LogP contribution is -2.53. The fourth-order valence-electron chi connectivity index (χ4n) is 3.74. The van der Waals surface area contributed by atoms with Gasteiger partial charge in [0.2, 0.25) is 5.91 Å². The van der Waals surface area contributed by atoms with Crippen molar-refractivity contribution in [3.63, 3.8) is 0 Å². The molecule has 0 aliphatic carbocycles. The fourth-order valence-corrected chi connectivity index (χ4v) is 3.74. The van der Waals surface area contributed by atoms with Gasteiger partial charge in [-0.05, 0) is 24.1 Å². The molecular weight excluding hydrogens is 420 g/mol. The predicted octanol–water partition coefficient (Wildman–Crippen LogP) is -1.57. The molecule has 0 saturated carbocycles. The van der Waals surface area contributed by atoms with Gasteiger partial charge in [-0.2, -0.15) is 0 Å². The molecule has 32 heavy (non-hydrogen) atoms. The molecule has 0 radical (unpaired) electrons. The van der Waals surface area contributed by atoms with Crippen LogP contribution in [0, 0.1) is 0 Å². The summed E-state index contributed by atoms with van der Waals surface area (Å²) in [4.78, 5) is 35.1. The van der Waals surface area contributed by atoms with E-state index in [1.165, 1.54) is 17.2 Å². The lowest BCUT2D eigenvalue weighted by molar-refractivity contribution is -0.124. The Morgan fingerprint density at radius 3 is 2.81 bits per heavy atom. The number of rotatable bonds is 7. The number of fused-ring (bicyclic) bond motifs is 1. The summed E-state index contributed by atoms with van der Waals surface area (Å²) in [6, 6.07) is 5.35. The zero-order valence-corrected chi connectivity index (χ0v) is 17.2. The molecule has 5 atom stereocenters. The number of nitrogens with two attached hydrogens (primary N) is 1. The number of benzene rings is 1. The molecule has 3 heterocycles. The second-order valence-electron chi connectivity index (χ2n) is 7.49. The van der Waals surface area contributed by atoms with Crippen LogP contribution in [0.5, 0.6) is 5.75 Å². The predicted molar refractivity (Wildman–Crippen MR) is 112 cm³/mol. The summed E-state index contributed by atoms with van der Waals surface area (Å²) in [6.45, 7) is -0.452. The number of carbonyl (C=O) groups is 1. The summed E-state index contributed by atoms with van der Waals surface area (Å²) in [5.74, 6) is 0.191. The molecule has 1 saturated heterocycles. The van der Waals surface area contributed by atoms with Gasteiger partial charge in [-0.3, -0.25) is 14.2 Å². The molecule has 0 spiro atoms. The van der Waals surface area contributed by atoms with Crippen LogP contribution in [0.1, 0.15) is 11.8 Å². The first-order chi connectivity index (χ1) is 15.4. The molecule has 2 aromatic heterocycles. The Labute approximate surface area is 182 Å². The van der Waals surface area contributed by atoms with Gasteiger partial charge in [0.1, 0.15) is 18.0 Å². The Bertz CT molecular complexity index is 1150. The first kappa shape index (κ1) is 21.9. The number of aromatic nitrogens is 4. The van der Waals surface area contributed by atoms with E-state index < -0.39 is 48.6 Å². The van der Waals surface area contributed by atoms with Crippen LogP contribution in [0.25, 0.3) is 11.2 Å². The maximum atomic E-state index is 12.7. The Morgan fingerprint density at radius 1 is 1.38 bits per heavy atom. The molecule has 6 N–H and O–H groups in total. The smallest absolute Gasteiger partial charge is 0.278 e. The number of aliphatic hydroxyl groups excluding tert-OH is 2. The molecule has 1 aromatic carbocycles. The SMILES string of the molecule is COc1ccc(C[C@H](N)C(=O)N[C@H]2[C@@H](O)[C@H](n3cnc4c(=O)[nH]cnc43)O[C@@H]2CO)cc1. The fraction of sp³-hybridized carbons (Fsp3) is 0.400. The number of aliphatic hydroxyl groups is 2. The van der Waals surface area contributed by atoms with Crippen molar-refractivity contribution in [2.75, 3.05) is 13.7 Å². The lowest BCUT2D eigenvalue weighted by Gasteiger charge is -2.23. The zero-order chi connectivity index (χ0) is 22.8. The number of methoxy groups -OCH3 is 1. The molecule has 12 nitrogen and oxygen atoms in total. The highest BCUT2D eigenvalue weighted by Gasteiger charge is 2.46. The van der Waals surface area contributed by atoms with Crippen LogP contribution in [0.2, 0.25) is 0 Å². The number of aromatic amines is 1. The van der Waals surface area contributed by atoms with Gasteiger partial charge in [0, 0.05) is 0 Å². The van der Waals surface area contributed by atoms with E-state index in [0.29, 0.717) is 5.75 Å². The number of nitrogens with zero attached hydrogens (tertiary/aromatic N) is 3. The Hall–Kier alpha value is -3.32. The highest BCUT2D eigenvalue weighted by Crippen LogP contribution is 2.31. The lowest BCUT2D eigenvalue weighted by atomic mass is 10.0. The number of amides is 1. The van der Waals surface area contributed by atoms with Crippen molar-refractivity contribution in [3.05, 3.63) is 52.8 Å². The molecule has 170 valence electrons. The van der Waals surface area contributed by atoms with Crippen molar-refractivity contribution in [2.45, 2.75) is 36.9 Å². The largest absolute Gasteiger partial charge is 0.497 e. The zero-order valence-electron chi connectivity index (χ0n) is 17.2. The van der Waals surface area contributed by atoms with E-state index >= 15 is 0 Å². The minimum Gasteiger partial charge on any atom is -0.497 e. The number of H-pyrrole nitrogens is 1. The van der Waals surface area contributed by atoms with Gasteiger partial charge >= 0.3 is 0 Å². The number of ether oxygens (including phenoxy) is 2. The summed E-state index contributed by atoms with van der Waals surface area (Å²) in [5, 5.41) is 23.3. The van der Waals surface area contributed by atoms with Crippen molar-refractivity contribution >= 4 is 17.1 Å². The number of imidazole rings is 1. The Morgan fingerprint density at radius 2 is 2.12 bits per heavy atom. The van der Waals surface area contributed by atoms with Crippen LogP contribution in [-0.2, 0) is 16.0 Å². The van der Waals surface area contributed by atoms with Gasteiger partial charge in [0.05, 0.1) is 38.5 Å². The number of hydrogen-bond donors (Lipinski definition) is 5. The van der Waals surface area contributed by atoms with Crippen LogP contribution in [-0.4, -0.2) is 73.6 Å². The van der Waals surface area contributed by atoms with Gasteiger partial charge in [0.25, 0.3) is 5.56 Å². The topological polar surface area (TPSA) is 178 Å². The molecular formula is C20H24N6O6. The third kappa shape index (κ3) is 4.08. The maximum absolute atomic E-state index is 12.7. The van der Waals surface area contributed by atoms with Crippen LogP contribution in [0.3, 0.4) is 0 Å². The van der Waals surface area contributed by atoms with Crippen molar-refractivity contribution in [1.29, 1.82) is 0 Å². The van der Waals surface area contributed by atoms with Gasteiger partial charge in [0.15, 0.2) is 17.4 Å². The highest BCUT2D eigenvalue weighted by atomic mass is 16.5. The quantitative estimate of drug-likeness (QED) is 0.288. The van der Waals surface area contributed by atoms with E-state index in [4.69, 9.17) is 15.2 Å². The van der Waals surface area contributed by atoms with Crippen molar-refractivity contribution < 1.29 is 24.5 Å². The summed E-state index contributed by atoms with van der Waals surface area (Å²) in [6.07, 6.45) is -0.366. The standard InChI is InChI=1S/C20H24N6O6/c1-31-11-4-2-10(3-5-11)6-12(21)18(29)25-14-13(7-27)32-20(16(14)28)26-9-24-15-17(26)22-8-23-19(15)30/h2-5,8-9,12-14,16,20,27-28H,6-7,21H2,1H3,(H,25,29)(H,22,23,30)/t12-,13+,14+,16+,20+/m0/s1. The molecule has 4 rings (SSSR count). The van der Waals surface area contributed by atoms with Gasteiger partial charge in [-0.15, -0.1) is 0 Å². The van der Waals surface area contributed by atoms with E-state index in [2.05, 4.69) is 20.3 Å². The van der Waals surface area contributed by atoms with Crippen molar-refractivity contribution in [3.8, 4) is 5.75 Å². The van der Waals surface area contributed by atoms with E-state index in [-0.39, 0.29) is 17.6 Å². The first-order valence-corrected chi connectivity index (χ1v) is 9.96. The number of nitrogens with one attached hydrogen (secondary N) is 2. The van der Waals surface area contributed by atoms with Gasteiger partial charge < -0.3 is 35.7 Å². The summed E-state index contributed by atoms with van der Waals surface area (Å²) < 4.78 is 12.3. The Balaban J connectivity index is 1.48. The van der Waals surface area contributed by atoms with Crippen LogP contribution >= 0.6 is 0 Å². The first-order valence-electron chi connectivity index (χ1n) is 9.96. The average Bonchev–Trinajstić information content (AvgIpc) is 3.36. The summed E-state index contributed by atoms with van der Waals surface area (Å²) in [7, 11) is 1.56. The monoisotopic (exact) mass is 444 g/mol. The van der Waals surface area contributed by atoms with Gasteiger partial charge in [-0.1, -0.05) is 12.1 Å². The third-order valence-corrected chi connectivity index (χ3v) is 5.45. The van der Waals surface area contributed by atoms with Gasteiger partial charge in [-0.25, -0.2) is 9.97 Å². The molecule has 0 unspecified atom stereocenters. The molecule has 0 bridgehead atoms. The molecule has 1 aliphatic rings. The second kappa shape index (κ2) is 9.04. The normalized spacial score (nSPS) is 23.9. The summed E-state index contributed by atoms with van der Waals surface area (Å²) in [5.41, 5.74) is 6.75. The molecule has 12 heteroatoms. The third-order valence-electron chi connectivity index (χ3n) is 5.45. The van der Waals surface area contributed by atoms with E-state index in [1.54, 1.807) is 19.2 Å². The second-order valence-corrected chi connectivity index (χ2v) is 7.49. The number of carbonyl (C=O) groups excluding carboxylic acids is 1. The van der Waals surface area contributed by atoms with E-state index in [9.17, 15) is 19.8 Å². The minimum absolute atomic E-state index is 0.0813. The van der Waals surface area contributed by atoms with Crippen LogP contribution in [0.4, 0.5) is 0 Å². The van der Waals surface area contributed by atoms with Crippen molar-refractivity contribution in [1.82, 2.24) is 24.8 Å². The highest BCUT2D eigenvalue weighted by molar-refractivity contribution is 5.82.